The highest BCUT2D eigenvalue weighted by Gasteiger charge is 2.07. The van der Waals surface area contributed by atoms with E-state index in [1.807, 2.05) is 31.2 Å². The normalized spacial score (nSPS) is 10.6. The highest BCUT2D eigenvalue weighted by molar-refractivity contribution is 5.53. The Labute approximate surface area is 129 Å². The lowest BCUT2D eigenvalue weighted by Gasteiger charge is -2.07. The van der Waals surface area contributed by atoms with Crippen molar-refractivity contribution in [3.63, 3.8) is 0 Å². The van der Waals surface area contributed by atoms with E-state index in [1.165, 1.54) is 5.56 Å². The summed E-state index contributed by atoms with van der Waals surface area (Å²) in [6, 6.07) is 16.0. The maximum atomic E-state index is 5.78. The molecular formula is C18H18N2O2. The Balaban J connectivity index is 1.65. The van der Waals surface area contributed by atoms with Gasteiger partial charge in [0.05, 0.1) is 0 Å². The topological polar surface area (TPSA) is 48.2 Å². The number of hydrogen-bond acceptors (Lipinski definition) is 4. The van der Waals surface area contributed by atoms with Gasteiger partial charge in [0.15, 0.2) is 0 Å². The molecule has 4 heteroatoms. The third kappa shape index (κ3) is 3.34. The third-order valence-corrected chi connectivity index (χ3v) is 3.40. The Morgan fingerprint density at radius 1 is 0.955 bits per heavy atom. The largest absolute Gasteiger partial charge is 0.489 e. The number of aromatic nitrogens is 2. The van der Waals surface area contributed by atoms with E-state index in [2.05, 4.69) is 41.4 Å². The van der Waals surface area contributed by atoms with E-state index in [0.717, 1.165) is 23.3 Å². The van der Waals surface area contributed by atoms with E-state index >= 15 is 0 Å². The number of benzene rings is 2. The van der Waals surface area contributed by atoms with Gasteiger partial charge in [-0.15, -0.1) is 10.2 Å². The molecule has 0 fully saturated rings. The molecule has 0 spiro atoms. The highest BCUT2D eigenvalue weighted by atomic mass is 16.5. The van der Waals surface area contributed by atoms with Crippen molar-refractivity contribution in [2.24, 2.45) is 0 Å². The zero-order chi connectivity index (χ0) is 15.4. The molecule has 0 aliphatic heterocycles. The Bertz CT molecular complexity index is 731. The van der Waals surface area contributed by atoms with Crippen molar-refractivity contribution in [1.82, 2.24) is 10.2 Å². The van der Waals surface area contributed by atoms with Gasteiger partial charge in [-0.25, -0.2) is 0 Å². The van der Waals surface area contributed by atoms with Crippen LogP contribution in [-0.4, -0.2) is 10.2 Å². The second-order valence-corrected chi connectivity index (χ2v) is 5.15. The van der Waals surface area contributed by atoms with Gasteiger partial charge in [0.2, 0.25) is 11.8 Å². The first-order chi connectivity index (χ1) is 10.7. The number of hydrogen-bond donors (Lipinski definition) is 0. The Morgan fingerprint density at radius 3 is 2.32 bits per heavy atom. The minimum Gasteiger partial charge on any atom is -0.489 e. The zero-order valence-corrected chi connectivity index (χ0v) is 12.7. The van der Waals surface area contributed by atoms with Gasteiger partial charge < -0.3 is 9.15 Å². The lowest BCUT2D eigenvalue weighted by atomic mass is 10.2. The molecule has 3 aromatic rings. The summed E-state index contributed by atoms with van der Waals surface area (Å²) in [5.74, 6) is 2.01. The average molecular weight is 294 g/mol. The lowest BCUT2D eigenvalue weighted by molar-refractivity contribution is 0.306. The Hall–Kier alpha value is -2.62. The first-order valence-electron chi connectivity index (χ1n) is 7.36. The van der Waals surface area contributed by atoms with Crippen molar-refractivity contribution in [3.05, 3.63) is 65.5 Å². The second-order valence-electron chi connectivity index (χ2n) is 5.15. The summed E-state index contributed by atoms with van der Waals surface area (Å²) in [7, 11) is 0. The molecule has 0 N–H and O–H groups in total. The van der Waals surface area contributed by atoms with Gasteiger partial charge in [-0.3, -0.25) is 0 Å². The van der Waals surface area contributed by atoms with Gasteiger partial charge in [0.25, 0.3) is 0 Å². The monoisotopic (exact) mass is 294 g/mol. The summed E-state index contributed by atoms with van der Waals surface area (Å²) >= 11 is 0. The Kier molecular flexibility index (Phi) is 4.19. The third-order valence-electron chi connectivity index (χ3n) is 3.40. The number of nitrogens with zero attached hydrogens (tertiary/aromatic N) is 2. The first kappa shape index (κ1) is 14.3. The molecule has 0 bridgehead atoms. The molecule has 0 aliphatic rings. The fourth-order valence-corrected chi connectivity index (χ4v) is 2.06. The van der Waals surface area contributed by atoms with E-state index in [-0.39, 0.29) is 0 Å². The van der Waals surface area contributed by atoms with E-state index in [9.17, 15) is 0 Å². The van der Waals surface area contributed by atoms with Crippen LogP contribution in [0.2, 0.25) is 0 Å². The van der Waals surface area contributed by atoms with Crippen LogP contribution in [0.4, 0.5) is 0 Å². The maximum absolute atomic E-state index is 5.78. The van der Waals surface area contributed by atoms with E-state index < -0.39 is 0 Å². The molecule has 0 saturated heterocycles. The van der Waals surface area contributed by atoms with Crippen molar-refractivity contribution < 1.29 is 9.15 Å². The van der Waals surface area contributed by atoms with E-state index in [4.69, 9.17) is 9.15 Å². The second kappa shape index (κ2) is 6.43. The fraction of sp³-hybridized carbons (Fsp3) is 0.222. The molecule has 0 saturated carbocycles. The number of ether oxygens (including phenoxy) is 1. The van der Waals surface area contributed by atoms with Crippen LogP contribution in [0.1, 0.15) is 23.9 Å². The van der Waals surface area contributed by atoms with Crippen LogP contribution >= 0.6 is 0 Å². The van der Waals surface area contributed by atoms with Gasteiger partial charge in [-0.2, -0.15) is 0 Å². The molecule has 0 atom stereocenters. The smallest absolute Gasteiger partial charge is 0.247 e. The summed E-state index contributed by atoms with van der Waals surface area (Å²) in [6.07, 6.45) is 0.741. The minimum absolute atomic E-state index is 0.543. The fourth-order valence-electron chi connectivity index (χ4n) is 2.06. The summed E-state index contributed by atoms with van der Waals surface area (Å²) in [4.78, 5) is 0. The standard InChI is InChI=1S/C18H18N2O2/c1-3-17-19-20-18(22-17)15-8-10-16(11-9-15)21-12-14-6-4-13(2)5-7-14/h4-11H,3,12H2,1-2H3. The molecule has 0 amide bonds. The molecule has 0 radical (unpaired) electrons. The molecule has 0 aliphatic carbocycles. The summed E-state index contributed by atoms with van der Waals surface area (Å²) in [5, 5.41) is 8.00. The van der Waals surface area contributed by atoms with Crippen LogP contribution in [0.5, 0.6) is 5.75 Å². The van der Waals surface area contributed by atoms with Crippen molar-refractivity contribution in [2.75, 3.05) is 0 Å². The van der Waals surface area contributed by atoms with Crippen LogP contribution in [0.15, 0.2) is 52.9 Å². The van der Waals surface area contributed by atoms with Crippen molar-refractivity contribution in [1.29, 1.82) is 0 Å². The summed E-state index contributed by atoms with van der Waals surface area (Å²) in [6.45, 7) is 4.62. The van der Waals surface area contributed by atoms with Crippen LogP contribution in [0.3, 0.4) is 0 Å². The average Bonchev–Trinajstić information content (AvgIpc) is 3.04. The number of rotatable bonds is 5. The van der Waals surface area contributed by atoms with Gasteiger partial charge in [-0.1, -0.05) is 36.8 Å². The van der Waals surface area contributed by atoms with Gasteiger partial charge in [0, 0.05) is 12.0 Å². The lowest BCUT2D eigenvalue weighted by Crippen LogP contribution is -1.95. The summed E-state index contributed by atoms with van der Waals surface area (Å²) in [5.41, 5.74) is 3.30. The molecule has 0 unspecified atom stereocenters. The van der Waals surface area contributed by atoms with Crippen molar-refractivity contribution in [3.8, 4) is 17.2 Å². The van der Waals surface area contributed by atoms with E-state index in [0.29, 0.717) is 18.4 Å². The van der Waals surface area contributed by atoms with Crippen LogP contribution < -0.4 is 4.74 Å². The van der Waals surface area contributed by atoms with Crippen molar-refractivity contribution in [2.45, 2.75) is 26.9 Å². The molecular weight excluding hydrogens is 276 g/mol. The van der Waals surface area contributed by atoms with Gasteiger partial charge >= 0.3 is 0 Å². The molecule has 1 heterocycles. The zero-order valence-electron chi connectivity index (χ0n) is 12.7. The number of aryl methyl sites for hydroxylation is 2. The minimum atomic E-state index is 0.543. The van der Waals surface area contributed by atoms with Crippen LogP contribution in [0, 0.1) is 6.92 Å². The quantitative estimate of drug-likeness (QED) is 0.708. The van der Waals surface area contributed by atoms with Crippen molar-refractivity contribution >= 4 is 0 Å². The van der Waals surface area contributed by atoms with Crippen LogP contribution in [0.25, 0.3) is 11.5 Å². The SMILES string of the molecule is CCc1nnc(-c2ccc(OCc3ccc(C)cc3)cc2)o1. The molecule has 4 nitrogen and oxygen atoms in total. The summed E-state index contributed by atoms with van der Waals surface area (Å²) < 4.78 is 11.3. The maximum Gasteiger partial charge on any atom is 0.247 e. The predicted octanol–water partition coefficient (Wildman–Crippen LogP) is 4.19. The first-order valence-corrected chi connectivity index (χ1v) is 7.36. The predicted molar refractivity (Wildman–Crippen MR) is 84.6 cm³/mol. The molecule has 22 heavy (non-hydrogen) atoms. The Morgan fingerprint density at radius 2 is 1.68 bits per heavy atom. The van der Waals surface area contributed by atoms with Crippen LogP contribution in [-0.2, 0) is 13.0 Å². The molecule has 3 rings (SSSR count). The van der Waals surface area contributed by atoms with E-state index in [1.54, 1.807) is 0 Å². The molecule has 112 valence electrons. The van der Waals surface area contributed by atoms with Gasteiger partial charge in [-0.05, 0) is 36.8 Å². The molecule has 2 aromatic carbocycles. The van der Waals surface area contributed by atoms with Gasteiger partial charge in [0.1, 0.15) is 12.4 Å². The highest BCUT2D eigenvalue weighted by Crippen LogP contribution is 2.22. The molecule has 1 aromatic heterocycles.